The minimum Gasteiger partial charge on any atom is -0.369 e. The Morgan fingerprint density at radius 2 is 1.96 bits per heavy atom. The zero-order valence-corrected chi connectivity index (χ0v) is 13.2. The van der Waals surface area contributed by atoms with Gasteiger partial charge in [-0.05, 0) is 36.2 Å². The first-order valence-electron chi connectivity index (χ1n) is 6.91. The summed E-state index contributed by atoms with van der Waals surface area (Å²) in [7, 11) is 0. The number of aromatic nitrogens is 1. The molecule has 2 aromatic rings. The van der Waals surface area contributed by atoms with Crippen LogP contribution in [0.5, 0.6) is 0 Å². The number of primary amides is 1. The number of rotatable bonds is 4. The molecule has 24 heavy (non-hydrogen) atoms. The second-order valence-corrected chi connectivity index (χ2v) is 5.75. The van der Waals surface area contributed by atoms with Crippen molar-refractivity contribution in [2.24, 2.45) is 11.7 Å². The molecule has 0 aliphatic carbocycles. The number of nitrogens with zero attached hydrogens (tertiary/aromatic N) is 1. The summed E-state index contributed by atoms with van der Waals surface area (Å²) in [4.78, 5) is 14.9. The van der Waals surface area contributed by atoms with Gasteiger partial charge >= 0.3 is 6.18 Å². The van der Waals surface area contributed by atoms with Crippen molar-refractivity contribution in [1.29, 1.82) is 0 Å². The highest BCUT2D eigenvalue weighted by Gasteiger charge is 2.33. The summed E-state index contributed by atoms with van der Waals surface area (Å²) in [5.74, 6) is -1.88. The lowest BCUT2D eigenvalue weighted by molar-refractivity contribution is -0.141. The number of pyridine rings is 1. The molecule has 0 saturated heterocycles. The van der Waals surface area contributed by atoms with E-state index in [0.717, 1.165) is 12.1 Å². The fraction of sp³-hybridized carbons (Fsp3) is 0.250. The first-order valence-corrected chi connectivity index (χ1v) is 7.29. The van der Waals surface area contributed by atoms with Gasteiger partial charge in [-0.15, -0.1) is 0 Å². The highest BCUT2D eigenvalue weighted by atomic mass is 35.5. The van der Waals surface area contributed by atoms with Gasteiger partial charge < -0.3 is 5.73 Å². The van der Waals surface area contributed by atoms with Gasteiger partial charge in [0.05, 0.1) is 10.7 Å². The molecule has 0 bridgehead atoms. The molecule has 1 unspecified atom stereocenters. The number of carbonyl (C=O) groups is 1. The molecule has 8 heteroatoms. The Morgan fingerprint density at radius 1 is 1.29 bits per heavy atom. The van der Waals surface area contributed by atoms with Crippen LogP contribution in [0.1, 0.15) is 18.2 Å². The third kappa shape index (κ3) is 4.03. The van der Waals surface area contributed by atoms with Gasteiger partial charge in [-0.3, -0.25) is 4.79 Å². The van der Waals surface area contributed by atoms with Crippen LogP contribution < -0.4 is 5.73 Å². The van der Waals surface area contributed by atoms with E-state index < -0.39 is 29.5 Å². The lowest BCUT2D eigenvalue weighted by Gasteiger charge is -2.15. The van der Waals surface area contributed by atoms with Crippen LogP contribution in [0.15, 0.2) is 30.3 Å². The molecule has 0 aliphatic rings. The lowest BCUT2D eigenvalue weighted by Crippen LogP contribution is -2.22. The number of hydrogen-bond acceptors (Lipinski definition) is 2. The van der Waals surface area contributed by atoms with E-state index in [4.69, 9.17) is 17.3 Å². The number of halogens is 5. The molecule has 1 amide bonds. The quantitative estimate of drug-likeness (QED) is 0.830. The van der Waals surface area contributed by atoms with Crippen LogP contribution in [-0.2, 0) is 17.4 Å². The van der Waals surface area contributed by atoms with Crippen molar-refractivity contribution in [1.82, 2.24) is 4.98 Å². The standard InChI is InChI=1S/C16H13ClF4N2O/c1-8(15(22)24)6-9-3-5-13(16(19,20)21)23-14(9)10-2-4-12(18)11(17)7-10/h2-5,7-8H,6H2,1H3,(H2,22,24). The van der Waals surface area contributed by atoms with E-state index in [2.05, 4.69) is 4.98 Å². The van der Waals surface area contributed by atoms with Gasteiger partial charge in [0, 0.05) is 11.5 Å². The Balaban J connectivity index is 2.58. The van der Waals surface area contributed by atoms with E-state index in [0.29, 0.717) is 5.56 Å². The van der Waals surface area contributed by atoms with E-state index in [1.54, 1.807) is 6.92 Å². The van der Waals surface area contributed by atoms with E-state index in [1.807, 2.05) is 0 Å². The molecule has 3 nitrogen and oxygen atoms in total. The topological polar surface area (TPSA) is 56.0 Å². The molecule has 128 valence electrons. The van der Waals surface area contributed by atoms with Gasteiger partial charge in [-0.25, -0.2) is 9.37 Å². The second-order valence-electron chi connectivity index (χ2n) is 5.34. The maximum atomic E-state index is 13.3. The van der Waals surface area contributed by atoms with Crippen molar-refractivity contribution in [2.45, 2.75) is 19.5 Å². The largest absolute Gasteiger partial charge is 0.433 e. The first-order chi connectivity index (χ1) is 11.1. The first kappa shape index (κ1) is 18.2. The molecule has 2 rings (SSSR count). The summed E-state index contributed by atoms with van der Waals surface area (Å²) < 4.78 is 52.1. The Labute approximate surface area is 140 Å². The smallest absolute Gasteiger partial charge is 0.369 e. The molecule has 0 saturated carbocycles. The van der Waals surface area contributed by atoms with Gasteiger partial charge in [-0.1, -0.05) is 24.6 Å². The van der Waals surface area contributed by atoms with Crippen molar-refractivity contribution in [3.05, 3.63) is 52.4 Å². The summed E-state index contributed by atoms with van der Waals surface area (Å²) in [6.45, 7) is 1.56. The van der Waals surface area contributed by atoms with Crippen molar-refractivity contribution in [3.8, 4) is 11.3 Å². The van der Waals surface area contributed by atoms with Crippen LogP contribution in [0.2, 0.25) is 5.02 Å². The average molecular weight is 361 g/mol. The van der Waals surface area contributed by atoms with E-state index in [1.165, 1.54) is 18.2 Å². The fourth-order valence-corrected chi connectivity index (χ4v) is 2.31. The molecule has 0 spiro atoms. The van der Waals surface area contributed by atoms with E-state index >= 15 is 0 Å². The Morgan fingerprint density at radius 3 is 2.50 bits per heavy atom. The summed E-state index contributed by atoms with van der Waals surface area (Å²) in [5, 5.41) is -0.236. The van der Waals surface area contributed by atoms with E-state index in [9.17, 15) is 22.4 Å². The van der Waals surface area contributed by atoms with Crippen molar-refractivity contribution < 1.29 is 22.4 Å². The molecular weight excluding hydrogens is 348 g/mol. The monoisotopic (exact) mass is 360 g/mol. The van der Waals surface area contributed by atoms with Gasteiger partial charge in [0.15, 0.2) is 0 Å². The minimum atomic E-state index is -4.63. The van der Waals surface area contributed by atoms with Crippen LogP contribution in [0.4, 0.5) is 17.6 Å². The molecule has 1 atom stereocenters. The summed E-state index contributed by atoms with van der Waals surface area (Å²) >= 11 is 5.70. The zero-order valence-electron chi connectivity index (χ0n) is 12.5. The minimum absolute atomic E-state index is 0.0141. The molecule has 1 heterocycles. The molecule has 0 fully saturated rings. The molecule has 0 radical (unpaired) electrons. The van der Waals surface area contributed by atoms with Gasteiger partial charge in [-0.2, -0.15) is 13.2 Å². The maximum Gasteiger partial charge on any atom is 0.433 e. The third-order valence-electron chi connectivity index (χ3n) is 3.47. The fourth-order valence-electron chi connectivity index (χ4n) is 2.13. The second kappa shape index (κ2) is 6.76. The van der Waals surface area contributed by atoms with E-state index in [-0.39, 0.29) is 22.7 Å². The molecule has 1 aromatic carbocycles. The number of carbonyl (C=O) groups excluding carboxylic acids is 1. The van der Waals surface area contributed by atoms with Crippen LogP contribution in [0, 0.1) is 11.7 Å². The molecule has 2 N–H and O–H groups in total. The van der Waals surface area contributed by atoms with Gasteiger partial charge in [0.1, 0.15) is 11.5 Å². The van der Waals surface area contributed by atoms with Gasteiger partial charge in [0.25, 0.3) is 0 Å². The highest BCUT2D eigenvalue weighted by Crippen LogP contribution is 2.33. The van der Waals surface area contributed by atoms with Gasteiger partial charge in [0.2, 0.25) is 5.91 Å². The number of hydrogen-bond donors (Lipinski definition) is 1. The molecule has 0 aliphatic heterocycles. The number of benzene rings is 1. The van der Waals surface area contributed by atoms with Crippen LogP contribution in [0.3, 0.4) is 0 Å². The molecular formula is C16H13ClF4N2O. The zero-order chi connectivity index (χ0) is 18.1. The van der Waals surface area contributed by atoms with Crippen LogP contribution in [-0.4, -0.2) is 10.9 Å². The normalized spacial score (nSPS) is 12.9. The number of nitrogens with two attached hydrogens (primary N) is 1. The highest BCUT2D eigenvalue weighted by molar-refractivity contribution is 6.31. The summed E-state index contributed by atoms with van der Waals surface area (Å²) in [6.07, 6.45) is -4.53. The number of amides is 1. The Bertz CT molecular complexity index is 777. The Hall–Kier alpha value is -2.15. The van der Waals surface area contributed by atoms with Crippen molar-refractivity contribution >= 4 is 17.5 Å². The predicted octanol–water partition coefficient (Wildman–Crippen LogP) is 4.22. The Kier molecular flexibility index (Phi) is 5.13. The third-order valence-corrected chi connectivity index (χ3v) is 3.76. The van der Waals surface area contributed by atoms with Crippen molar-refractivity contribution in [3.63, 3.8) is 0 Å². The molecule has 1 aromatic heterocycles. The van der Waals surface area contributed by atoms with Crippen molar-refractivity contribution in [2.75, 3.05) is 0 Å². The SMILES string of the molecule is CC(Cc1ccc(C(F)(F)F)nc1-c1ccc(F)c(Cl)c1)C(N)=O. The summed E-state index contributed by atoms with van der Waals surface area (Å²) in [5.41, 5.74) is 4.71. The van der Waals surface area contributed by atoms with Crippen LogP contribution >= 0.6 is 11.6 Å². The van der Waals surface area contributed by atoms with Crippen LogP contribution in [0.25, 0.3) is 11.3 Å². The number of alkyl halides is 3. The lowest BCUT2D eigenvalue weighted by atomic mass is 9.96. The average Bonchev–Trinajstić information content (AvgIpc) is 2.49. The maximum absolute atomic E-state index is 13.3. The summed E-state index contributed by atoms with van der Waals surface area (Å²) in [6, 6.07) is 5.58. The predicted molar refractivity (Wildman–Crippen MR) is 81.7 cm³/mol.